The number of pyridine rings is 1. The molecule has 0 fully saturated rings. The molecule has 4 rings (SSSR count). The Bertz CT molecular complexity index is 1230. The molecule has 1 aliphatic heterocycles. The quantitative estimate of drug-likeness (QED) is 0.469. The average molecular weight is 487 g/mol. The predicted octanol–water partition coefficient (Wildman–Crippen LogP) is 2.11. The van der Waals surface area contributed by atoms with Gasteiger partial charge in [0.25, 0.3) is 11.5 Å². The van der Waals surface area contributed by atoms with Crippen LogP contribution in [0.1, 0.15) is 28.2 Å². The van der Waals surface area contributed by atoms with E-state index in [0.29, 0.717) is 45.8 Å². The van der Waals surface area contributed by atoms with Crippen LogP contribution in [0.4, 0.5) is 11.5 Å². The number of nitrogens with one attached hydrogen (secondary N) is 3. The van der Waals surface area contributed by atoms with Gasteiger partial charge in [0.2, 0.25) is 0 Å². The number of nitrogens with zero attached hydrogens (tertiary/aromatic N) is 5. The maximum atomic E-state index is 13.0. The van der Waals surface area contributed by atoms with Crippen LogP contribution in [0, 0.1) is 0 Å². The molecule has 0 radical (unpaired) electrons. The minimum absolute atomic E-state index is 0.152. The highest BCUT2D eigenvalue weighted by Crippen LogP contribution is 2.33. The van der Waals surface area contributed by atoms with Crippen LogP contribution in [-0.4, -0.2) is 76.1 Å². The number of halogens is 1. The van der Waals surface area contributed by atoms with Gasteiger partial charge < -0.3 is 25.1 Å². The molecule has 1 amide bonds. The van der Waals surface area contributed by atoms with E-state index in [2.05, 4.69) is 51.1 Å². The first-order chi connectivity index (χ1) is 14.8. The van der Waals surface area contributed by atoms with Gasteiger partial charge in [0.05, 0.1) is 16.4 Å². The molecule has 162 valence electrons. The Hall–Kier alpha value is -3.05. The highest BCUT2D eigenvalue weighted by atomic mass is 79.9. The van der Waals surface area contributed by atoms with Crippen LogP contribution >= 0.6 is 15.9 Å². The van der Waals surface area contributed by atoms with Crippen molar-refractivity contribution in [2.45, 2.75) is 13.0 Å². The fraction of sp³-hybridized carbons (Fsp3) is 0.350. The van der Waals surface area contributed by atoms with Crippen molar-refractivity contribution in [2.75, 3.05) is 39.5 Å². The summed E-state index contributed by atoms with van der Waals surface area (Å²) in [6.45, 7) is 1.99. The number of hydrogen-bond donors (Lipinski definition) is 3. The van der Waals surface area contributed by atoms with Crippen molar-refractivity contribution in [1.82, 2.24) is 29.7 Å². The third-order valence-corrected chi connectivity index (χ3v) is 5.87. The van der Waals surface area contributed by atoms with Gasteiger partial charge in [0.1, 0.15) is 29.2 Å². The van der Waals surface area contributed by atoms with Crippen molar-refractivity contribution in [3.63, 3.8) is 0 Å². The van der Waals surface area contributed by atoms with Crippen molar-refractivity contribution >= 4 is 50.6 Å². The first-order valence-electron chi connectivity index (χ1n) is 9.80. The number of aromatic nitrogens is 4. The Kier molecular flexibility index (Phi) is 5.88. The van der Waals surface area contributed by atoms with Gasteiger partial charge in [-0.2, -0.15) is 0 Å². The second-order valence-corrected chi connectivity index (χ2v) is 8.48. The number of amides is 1. The molecule has 3 aromatic rings. The molecule has 11 heteroatoms. The van der Waals surface area contributed by atoms with Crippen LogP contribution in [0.3, 0.4) is 0 Å². The van der Waals surface area contributed by atoms with E-state index in [-0.39, 0.29) is 11.5 Å². The summed E-state index contributed by atoms with van der Waals surface area (Å²) in [7, 11) is 5.77. The molecule has 0 unspecified atom stereocenters. The monoisotopic (exact) mass is 486 g/mol. The number of rotatable bonds is 7. The zero-order chi connectivity index (χ0) is 22.1. The van der Waals surface area contributed by atoms with Gasteiger partial charge >= 0.3 is 0 Å². The predicted molar refractivity (Wildman–Crippen MR) is 123 cm³/mol. The first-order valence-corrected chi connectivity index (χ1v) is 10.6. The van der Waals surface area contributed by atoms with Gasteiger partial charge in [-0.15, -0.1) is 0 Å². The van der Waals surface area contributed by atoms with Gasteiger partial charge in [-0.05, 0) is 49.1 Å². The Morgan fingerprint density at radius 2 is 2.03 bits per heavy atom. The van der Waals surface area contributed by atoms with Crippen molar-refractivity contribution in [2.24, 2.45) is 4.99 Å². The molecule has 0 spiro atoms. The van der Waals surface area contributed by atoms with Crippen molar-refractivity contribution in [3.8, 4) is 0 Å². The Balaban J connectivity index is 1.64. The van der Waals surface area contributed by atoms with E-state index in [1.54, 1.807) is 24.2 Å². The van der Waals surface area contributed by atoms with E-state index in [1.807, 2.05) is 14.1 Å². The fourth-order valence-corrected chi connectivity index (χ4v) is 4.08. The third kappa shape index (κ3) is 4.23. The summed E-state index contributed by atoms with van der Waals surface area (Å²) in [6, 6.07) is 1.74. The molecule has 0 saturated carbocycles. The minimum atomic E-state index is -0.264. The Morgan fingerprint density at radius 3 is 2.81 bits per heavy atom. The number of carbonyl (C=O) groups is 1. The number of H-pyrrole nitrogens is 2. The molecule has 0 aromatic carbocycles. The fourth-order valence-electron chi connectivity index (χ4n) is 3.43. The molecule has 0 saturated heterocycles. The van der Waals surface area contributed by atoms with Gasteiger partial charge in [-0.25, -0.2) is 9.97 Å². The molecule has 0 aliphatic carbocycles. The summed E-state index contributed by atoms with van der Waals surface area (Å²) in [4.78, 5) is 47.8. The molecule has 4 heterocycles. The zero-order valence-electron chi connectivity index (χ0n) is 17.5. The Labute approximate surface area is 186 Å². The molecule has 31 heavy (non-hydrogen) atoms. The van der Waals surface area contributed by atoms with E-state index in [4.69, 9.17) is 0 Å². The van der Waals surface area contributed by atoms with E-state index in [1.165, 1.54) is 6.33 Å². The highest BCUT2D eigenvalue weighted by Gasteiger charge is 2.23. The number of hydrogen-bond acceptors (Lipinski definition) is 7. The molecule has 0 bridgehead atoms. The van der Waals surface area contributed by atoms with Gasteiger partial charge in [-0.3, -0.25) is 14.6 Å². The second kappa shape index (κ2) is 8.60. The van der Waals surface area contributed by atoms with E-state index >= 15 is 0 Å². The zero-order valence-corrected chi connectivity index (χ0v) is 19.1. The molecule has 10 nitrogen and oxygen atoms in total. The molecule has 0 atom stereocenters. The topological polar surface area (TPSA) is 122 Å². The second-order valence-electron chi connectivity index (χ2n) is 7.68. The van der Waals surface area contributed by atoms with Crippen LogP contribution in [0.15, 0.2) is 26.7 Å². The standard InChI is InChI=1S/C20H23BrN8O2/c1-28(2)5-4-6-29(3)20(31)16-15(21)14-17(23-10-24-18(14)27-16)25-12-7-11-8-22-9-13(11)26-19(12)30/h7-8,10H,4-6,9H2,1-3H3,(H,26,30)(H2,23,24,25,27). The lowest BCUT2D eigenvalue weighted by Crippen LogP contribution is -2.30. The summed E-state index contributed by atoms with van der Waals surface area (Å²) < 4.78 is 0.550. The number of aliphatic imine (C=N–C) groups is 1. The van der Waals surface area contributed by atoms with Crippen LogP contribution in [0.25, 0.3) is 11.0 Å². The van der Waals surface area contributed by atoms with Crippen molar-refractivity contribution in [3.05, 3.63) is 44.2 Å². The van der Waals surface area contributed by atoms with Gasteiger partial charge in [0.15, 0.2) is 0 Å². The number of anilines is 2. The number of carbonyl (C=O) groups excluding carboxylic acids is 1. The molecule has 3 N–H and O–H groups in total. The highest BCUT2D eigenvalue weighted by molar-refractivity contribution is 9.10. The van der Waals surface area contributed by atoms with Crippen LogP contribution in [0.2, 0.25) is 0 Å². The lowest BCUT2D eigenvalue weighted by molar-refractivity contribution is 0.0785. The van der Waals surface area contributed by atoms with Crippen LogP contribution in [-0.2, 0) is 6.54 Å². The van der Waals surface area contributed by atoms with Crippen molar-refractivity contribution in [1.29, 1.82) is 0 Å². The summed E-state index contributed by atoms with van der Waals surface area (Å²) in [5.74, 6) is 0.268. The lowest BCUT2D eigenvalue weighted by Gasteiger charge is -2.18. The molecular weight excluding hydrogens is 464 g/mol. The summed E-state index contributed by atoms with van der Waals surface area (Å²) in [6.07, 6.45) is 3.97. The third-order valence-electron chi connectivity index (χ3n) is 5.08. The number of fused-ring (bicyclic) bond motifs is 2. The Morgan fingerprint density at radius 1 is 1.23 bits per heavy atom. The van der Waals surface area contributed by atoms with E-state index < -0.39 is 0 Å². The van der Waals surface area contributed by atoms with Crippen LogP contribution in [0.5, 0.6) is 0 Å². The smallest absolute Gasteiger partial charge is 0.271 e. The van der Waals surface area contributed by atoms with Crippen LogP contribution < -0.4 is 10.9 Å². The lowest BCUT2D eigenvalue weighted by atomic mass is 10.2. The summed E-state index contributed by atoms with van der Waals surface area (Å²) in [5, 5.41) is 3.68. The molecule has 3 aromatic heterocycles. The van der Waals surface area contributed by atoms with Gasteiger partial charge in [-0.1, -0.05) is 0 Å². The normalized spacial score (nSPS) is 12.5. The van der Waals surface area contributed by atoms with E-state index in [9.17, 15) is 9.59 Å². The average Bonchev–Trinajstić information content (AvgIpc) is 3.31. The molecular formula is C20H23BrN8O2. The SMILES string of the molecule is CN(C)CCCN(C)C(=O)c1[nH]c2ncnc(Nc3cc4c([nH]c3=O)CN=C4)c2c1Br. The minimum Gasteiger partial charge on any atom is -0.340 e. The summed E-state index contributed by atoms with van der Waals surface area (Å²) in [5.41, 5.74) is 2.61. The maximum Gasteiger partial charge on any atom is 0.271 e. The first kappa shape index (κ1) is 21.2. The number of aromatic amines is 2. The van der Waals surface area contributed by atoms with Crippen molar-refractivity contribution < 1.29 is 4.79 Å². The van der Waals surface area contributed by atoms with E-state index in [0.717, 1.165) is 24.2 Å². The summed E-state index contributed by atoms with van der Waals surface area (Å²) >= 11 is 3.53. The van der Waals surface area contributed by atoms with Gasteiger partial charge in [0, 0.05) is 31.1 Å². The largest absolute Gasteiger partial charge is 0.340 e. The maximum absolute atomic E-state index is 13.0. The molecule has 1 aliphatic rings.